The number of nitrogens with two attached hydrogens (primary N) is 1. The lowest BCUT2D eigenvalue weighted by molar-refractivity contribution is -0.117. The van der Waals surface area contributed by atoms with E-state index in [9.17, 15) is 4.79 Å². The van der Waals surface area contributed by atoms with Gasteiger partial charge >= 0.3 is 0 Å². The van der Waals surface area contributed by atoms with E-state index < -0.39 is 0 Å². The summed E-state index contributed by atoms with van der Waals surface area (Å²) < 4.78 is 6.24. The number of carbonyl (C=O) groups excluding carboxylic acids is 1. The molecule has 3 heteroatoms. The summed E-state index contributed by atoms with van der Waals surface area (Å²) in [5.74, 6) is 1.33. The summed E-state index contributed by atoms with van der Waals surface area (Å²) in [7, 11) is 0. The van der Waals surface area contributed by atoms with Crippen molar-refractivity contribution in [2.75, 3.05) is 0 Å². The zero-order valence-electron chi connectivity index (χ0n) is 17.7. The van der Waals surface area contributed by atoms with Crippen LogP contribution in [0, 0.1) is 0 Å². The van der Waals surface area contributed by atoms with E-state index in [4.69, 9.17) is 10.5 Å². The largest absolute Gasteiger partial charge is 0.457 e. The summed E-state index contributed by atoms with van der Waals surface area (Å²) in [6.45, 7) is 9.30. The Morgan fingerprint density at radius 1 is 0.897 bits per heavy atom. The molecule has 29 heavy (non-hydrogen) atoms. The third-order valence-electron chi connectivity index (χ3n) is 6.37. The number of primary amides is 1. The molecule has 1 aliphatic carbocycles. The first-order valence-electron chi connectivity index (χ1n) is 10.3. The van der Waals surface area contributed by atoms with E-state index in [1.165, 1.54) is 24.0 Å². The highest BCUT2D eigenvalue weighted by molar-refractivity contribution is 5.90. The van der Waals surface area contributed by atoms with Crippen LogP contribution in [0.1, 0.15) is 57.2 Å². The van der Waals surface area contributed by atoms with Crippen LogP contribution in [0.3, 0.4) is 0 Å². The highest BCUT2D eigenvalue weighted by atomic mass is 16.5. The third-order valence-corrected chi connectivity index (χ3v) is 6.37. The number of carbonyl (C=O) groups is 1. The van der Waals surface area contributed by atoms with Gasteiger partial charge in [-0.25, -0.2) is 0 Å². The maximum atomic E-state index is 11.3. The molecule has 0 radical (unpaired) electrons. The van der Waals surface area contributed by atoms with Crippen LogP contribution in [-0.2, 0) is 22.0 Å². The molecule has 150 valence electrons. The lowest BCUT2D eigenvalue weighted by atomic mass is 9.63. The molecule has 0 heterocycles. The van der Waals surface area contributed by atoms with Crippen LogP contribution in [0.2, 0.25) is 0 Å². The second-order valence-electron chi connectivity index (χ2n) is 9.52. The molecular formula is C26H29NO2. The molecule has 3 nitrogen and oxygen atoms in total. The highest BCUT2D eigenvalue weighted by Crippen LogP contribution is 2.47. The number of ether oxygens (including phenoxy) is 1. The van der Waals surface area contributed by atoms with E-state index in [0.29, 0.717) is 0 Å². The first-order valence-corrected chi connectivity index (χ1v) is 10.3. The van der Waals surface area contributed by atoms with E-state index in [-0.39, 0.29) is 23.2 Å². The summed E-state index contributed by atoms with van der Waals surface area (Å²) in [5.41, 5.74) is 9.48. The minimum absolute atomic E-state index is 0.150. The topological polar surface area (TPSA) is 52.3 Å². The smallest absolute Gasteiger partial charge is 0.221 e. The minimum Gasteiger partial charge on any atom is -0.457 e. The summed E-state index contributed by atoms with van der Waals surface area (Å²) in [6.07, 6.45) is 2.62. The quantitative estimate of drug-likeness (QED) is 0.596. The average molecular weight is 388 g/mol. The first kappa shape index (κ1) is 19.5. The molecule has 0 bridgehead atoms. The Hall–Kier alpha value is -2.81. The number of rotatable bonds is 4. The molecule has 0 fully saturated rings. The second-order valence-corrected chi connectivity index (χ2v) is 9.52. The Morgan fingerprint density at radius 3 is 2.28 bits per heavy atom. The lowest BCUT2D eigenvalue weighted by Crippen LogP contribution is -2.33. The van der Waals surface area contributed by atoms with Crippen molar-refractivity contribution in [1.82, 2.24) is 0 Å². The second kappa shape index (κ2) is 6.91. The first-order chi connectivity index (χ1) is 13.7. The van der Waals surface area contributed by atoms with Crippen molar-refractivity contribution in [3.05, 3.63) is 71.3 Å². The van der Waals surface area contributed by atoms with Gasteiger partial charge in [0, 0.05) is 0 Å². The monoisotopic (exact) mass is 387 g/mol. The van der Waals surface area contributed by atoms with Gasteiger partial charge in [-0.2, -0.15) is 0 Å². The van der Waals surface area contributed by atoms with Gasteiger partial charge in [0.25, 0.3) is 0 Å². The maximum absolute atomic E-state index is 11.3. The predicted octanol–water partition coefficient (Wildman–Crippen LogP) is 6.01. The molecule has 1 amide bonds. The van der Waals surface area contributed by atoms with Crippen molar-refractivity contribution in [3.63, 3.8) is 0 Å². The molecule has 2 N–H and O–H groups in total. The van der Waals surface area contributed by atoms with Crippen molar-refractivity contribution in [1.29, 1.82) is 0 Å². The molecular weight excluding hydrogens is 358 g/mol. The fourth-order valence-electron chi connectivity index (χ4n) is 4.50. The number of hydrogen-bond acceptors (Lipinski definition) is 2. The van der Waals surface area contributed by atoms with Crippen molar-refractivity contribution < 1.29 is 9.53 Å². The standard InChI is InChI=1S/C26H29NO2/c1-25(2)12-13-26(3,4)23-16-20(9-11-22(23)25)29-19-8-10-21-17(14-19)6-5-7-18(21)15-24(27)28/h5-11,14,16H,12-13,15H2,1-4H3,(H2,27,28). The SMILES string of the molecule is CC1(C)CCC(C)(C)c2cc(Oc3ccc4c(CC(N)=O)cccc4c3)ccc21. The molecule has 4 rings (SSSR count). The van der Waals surface area contributed by atoms with Gasteiger partial charge in [0.1, 0.15) is 11.5 Å². The van der Waals surface area contributed by atoms with Crippen LogP contribution >= 0.6 is 0 Å². The van der Waals surface area contributed by atoms with E-state index in [0.717, 1.165) is 27.8 Å². The zero-order chi connectivity index (χ0) is 20.8. The molecule has 0 atom stereocenters. The number of benzene rings is 3. The molecule has 0 aromatic heterocycles. The molecule has 1 aliphatic rings. The minimum atomic E-state index is -0.322. The van der Waals surface area contributed by atoms with Crippen LogP contribution < -0.4 is 10.5 Å². The van der Waals surface area contributed by atoms with E-state index in [1.807, 2.05) is 36.4 Å². The molecule has 0 saturated carbocycles. The fourth-order valence-corrected chi connectivity index (χ4v) is 4.50. The van der Waals surface area contributed by atoms with Gasteiger partial charge in [-0.3, -0.25) is 4.79 Å². The van der Waals surface area contributed by atoms with Crippen LogP contribution in [0.5, 0.6) is 11.5 Å². The van der Waals surface area contributed by atoms with Gasteiger partial charge in [0.2, 0.25) is 5.91 Å². The molecule has 0 spiro atoms. The van der Waals surface area contributed by atoms with Crippen LogP contribution in [-0.4, -0.2) is 5.91 Å². The molecule has 0 unspecified atom stereocenters. The molecule has 0 saturated heterocycles. The summed E-state index contributed by atoms with van der Waals surface area (Å²) in [4.78, 5) is 11.3. The predicted molar refractivity (Wildman–Crippen MR) is 119 cm³/mol. The summed E-state index contributed by atoms with van der Waals surface area (Å²) in [5, 5.41) is 2.08. The summed E-state index contributed by atoms with van der Waals surface area (Å²) >= 11 is 0. The Labute approximate surface area is 172 Å². The van der Waals surface area contributed by atoms with E-state index >= 15 is 0 Å². The van der Waals surface area contributed by atoms with Gasteiger partial charge < -0.3 is 10.5 Å². The normalized spacial score (nSPS) is 17.0. The van der Waals surface area contributed by atoms with Gasteiger partial charge in [-0.1, -0.05) is 58.0 Å². The van der Waals surface area contributed by atoms with Crippen molar-refractivity contribution >= 4 is 16.7 Å². The Bertz CT molecular complexity index is 1100. The van der Waals surface area contributed by atoms with Crippen molar-refractivity contribution in [2.24, 2.45) is 5.73 Å². The van der Waals surface area contributed by atoms with Crippen LogP contribution in [0.25, 0.3) is 10.8 Å². The Kier molecular flexibility index (Phi) is 4.65. The third kappa shape index (κ3) is 3.74. The van der Waals surface area contributed by atoms with E-state index in [2.05, 4.69) is 45.9 Å². The average Bonchev–Trinajstić information content (AvgIpc) is 2.65. The van der Waals surface area contributed by atoms with E-state index in [1.54, 1.807) is 0 Å². The molecule has 3 aromatic rings. The van der Waals surface area contributed by atoms with Gasteiger partial charge in [0.05, 0.1) is 6.42 Å². The maximum Gasteiger partial charge on any atom is 0.221 e. The fraction of sp³-hybridized carbons (Fsp3) is 0.346. The lowest BCUT2D eigenvalue weighted by Gasteiger charge is -2.41. The Balaban J connectivity index is 1.68. The molecule has 3 aromatic carbocycles. The van der Waals surface area contributed by atoms with Crippen molar-refractivity contribution in [3.8, 4) is 11.5 Å². The van der Waals surface area contributed by atoms with Crippen molar-refractivity contribution in [2.45, 2.75) is 57.8 Å². The van der Waals surface area contributed by atoms with Gasteiger partial charge in [-0.05, 0) is 75.4 Å². The number of amides is 1. The Morgan fingerprint density at radius 2 is 1.55 bits per heavy atom. The zero-order valence-corrected chi connectivity index (χ0v) is 17.7. The van der Waals surface area contributed by atoms with Crippen LogP contribution in [0.15, 0.2) is 54.6 Å². The van der Waals surface area contributed by atoms with Crippen LogP contribution in [0.4, 0.5) is 0 Å². The number of fused-ring (bicyclic) bond motifs is 2. The molecule has 0 aliphatic heterocycles. The number of hydrogen-bond donors (Lipinski definition) is 1. The summed E-state index contributed by atoms with van der Waals surface area (Å²) in [6, 6.07) is 18.4. The van der Waals surface area contributed by atoms with Gasteiger partial charge in [0.15, 0.2) is 0 Å². The highest BCUT2D eigenvalue weighted by Gasteiger charge is 2.37. The van der Waals surface area contributed by atoms with Gasteiger partial charge in [-0.15, -0.1) is 0 Å².